The smallest absolute Gasteiger partial charge is 0.0455 e. The first kappa shape index (κ1) is 14.4. The summed E-state index contributed by atoms with van der Waals surface area (Å²) in [5.74, 6) is 0. The molecule has 0 fully saturated rings. The van der Waals surface area contributed by atoms with E-state index in [2.05, 4.69) is 33.0 Å². The van der Waals surface area contributed by atoms with Crippen LogP contribution in [0.2, 0.25) is 5.02 Å². The number of halogens is 2. The minimum atomic E-state index is 0.534. The molecule has 0 saturated carbocycles. The maximum Gasteiger partial charge on any atom is 0.0455 e. The molecule has 0 aromatic heterocycles. The normalized spacial score (nSPS) is 10.5. The van der Waals surface area contributed by atoms with Crippen molar-refractivity contribution in [2.45, 2.75) is 13.1 Å². The Balaban J connectivity index is 2.22. The molecular formula is C15H16BrClN2. The van der Waals surface area contributed by atoms with Crippen LogP contribution in [0.25, 0.3) is 0 Å². The molecule has 0 spiro atoms. The average molecular weight is 340 g/mol. The molecule has 2 N–H and O–H groups in total. The minimum Gasteiger partial charge on any atom is -0.370 e. The molecular weight excluding hydrogens is 324 g/mol. The summed E-state index contributed by atoms with van der Waals surface area (Å²) in [5.41, 5.74) is 9.04. The lowest BCUT2D eigenvalue weighted by molar-refractivity contribution is 0.918. The van der Waals surface area contributed by atoms with E-state index < -0.39 is 0 Å². The Hall–Kier alpha value is -1.03. The molecule has 0 aliphatic carbocycles. The number of rotatable bonds is 4. The van der Waals surface area contributed by atoms with Crippen LogP contribution < -0.4 is 10.6 Å². The van der Waals surface area contributed by atoms with Gasteiger partial charge < -0.3 is 10.6 Å². The Morgan fingerprint density at radius 3 is 2.63 bits per heavy atom. The molecule has 0 aliphatic rings. The molecule has 2 rings (SSSR count). The molecule has 0 unspecified atom stereocenters. The van der Waals surface area contributed by atoms with E-state index in [0.717, 1.165) is 32.9 Å². The summed E-state index contributed by atoms with van der Waals surface area (Å²) >= 11 is 9.70. The summed E-state index contributed by atoms with van der Waals surface area (Å²) in [4.78, 5) is 2.16. The maximum absolute atomic E-state index is 6.19. The van der Waals surface area contributed by atoms with Gasteiger partial charge in [-0.15, -0.1) is 0 Å². The molecule has 2 aromatic rings. The van der Waals surface area contributed by atoms with Crippen LogP contribution >= 0.6 is 27.5 Å². The van der Waals surface area contributed by atoms with Gasteiger partial charge in [0.25, 0.3) is 0 Å². The predicted octanol–water partition coefficient (Wildman–Crippen LogP) is 4.20. The molecule has 0 heterocycles. The van der Waals surface area contributed by atoms with E-state index in [1.807, 2.05) is 37.4 Å². The summed E-state index contributed by atoms with van der Waals surface area (Å²) < 4.78 is 1.04. The van der Waals surface area contributed by atoms with Crippen LogP contribution in [0, 0.1) is 0 Å². The van der Waals surface area contributed by atoms with Gasteiger partial charge in [0, 0.05) is 35.3 Å². The summed E-state index contributed by atoms with van der Waals surface area (Å²) in [7, 11) is 2.05. The SMILES string of the molecule is CN(Cc1ccccc1Cl)c1cc(Br)cc(CN)c1. The standard InChI is InChI=1S/C15H16BrClN2/c1-19(10-12-4-2-3-5-15(12)17)14-7-11(9-18)6-13(16)8-14/h2-8H,9-10,18H2,1H3. The van der Waals surface area contributed by atoms with Gasteiger partial charge in [0.1, 0.15) is 0 Å². The number of anilines is 1. The first-order valence-electron chi connectivity index (χ1n) is 6.04. The Morgan fingerprint density at radius 2 is 1.95 bits per heavy atom. The second-order valence-electron chi connectivity index (χ2n) is 4.47. The molecule has 19 heavy (non-hydrogen) atoms. The highest BCUT2D eigenvalue weighted by Crippen LogP contribution is 2.25. The zero-order chi connectivity index (χ0) is 13.8. The van der Waals surface area contributed by atoms with Crippen molar-refractivity contribution in [1.29, 1.82) is 0 Å². The summed E-state index contributed by atoms with van der Waals surface area (Å²) in [6.07, 6.45) is 0. The van der Waals surface area contributed by atoms with Crippen LogP contribution in [-0.4, -0.2) is 7.05 Å². The number of benzene rings is 2. The van der Waals surface area contributed by atoms with Crippen molar-refractivity contribution in [2.75, 3.05) is 11.9 Å². The van der Waals surface area contributed by atoms with Crippen LogP contribution in [-0.2, 0) is 13.1 Å². The van der Waals surface area contributed by atoms with Gasteiger partial charge in [-0.25, -0.2) is 0 Å². The lowest BCUT2D eigenvalue weighted by Gasteiger charge is -2.21. The molecule has 0 atom stereocenters. The van der Waals surface area contributed by atoms with Crippen molar-refractivity contribution in [1.82, 2.24) is 0 Å². The second kappa shape index (κ2) is 6.42. The van der Waals surface area contributed by atoms with Crippen LogP contribution in [0.15, 0.2) is 46.9 Å². The van der Waals surface area contributed by atoms with E-state index >= 15 is 0 Å². The topological polar surface area (TPSA) is 29.3 Å². The second-order valence-corrected chi connectivity index (χ2v) is 5.79. The van der Waals surface area contributed by atoms with Gasteiger partial charge >= 0.3 is 0 Å². The van der Waals surface area contributed by atoms with Gasteiger partial charge in [-0.1, -0.05) is 45.7 Å². The first-order chi connectivity index (χ1) is 9.10. The molecule has 0 saturated heterocycles. The molecule has 0 amide bonds. The molecule has 0 aliphatic heterocycles. The Kier molecular flexibility index (Phi) is 4.86. The summed E-state index contributed by atoms with van der Waals surface area (Å²) in [6, 6.07) is 14.1. The van der Waals surface area contributed by atoms with Crippen LogP contribution in [0.4, 0.5) is 5.69 Å². The van der Waals surface area contributed by atoms with E-state index in [0.29, 0.717) is 6.54 Å². The third kappa shape index (κ3) is 3.72. The maximum atomic E-state index is 6.19. The van der Waals surface area contributed by atoms with Crippen molar-refractivity contribution in [3.05, 3.63) is 63.1 Å². The van der Waals surface area contributed by atoms with Gasteiger partial charge in [0.2, 0.25) is 0 Å². The van der Waals surface area contributed by atoms with E-state index in [4.69, 9.17) is 17.3 Å². The highest BCUT2D eigenvalue weighted by Gasteiger charge is 2.07. The third-order valence-corrected chi connectivity index (χ3v) is 3.81. The van der Waals surface area contributed by atoms with E-state index in [1.165, 1.54) is 0 Å². The predicted molar refractivity (Wildman–Crippen MR) is 85.6 cm³/mol. The minimum absolute atomic E-state index is 0.534. The van der Waals surface area contributed by atoms with Gasteiger partial charge in [0.15, 0.2) is 0 Å². The van der Waals surface area contributed by atoms with Crippen molar-refractivity contribution in [2.24, 2.45) is 5.73 Å². The van der Waals surface area contributed by atoms with E-state index in [9.17, 15) is 0 Å². The molecule has 0 radical (unpaired) electrons. The van der Waals surface area contributed by atoms with E-state index in [1.54, 1.807) is 0 Å². The van der Waals surface area contributed by atoms with E-state index in [-0.39, 0.29) is 0 Å². The monoisotopic (exact) mass is 338 g/mol. The Morgan fingerprint density at radius 1 is 1.21 bits per heavy atom. The highest BCUT2D eigenvalue weighted by molar-refractivity contribution is 9.10. The van der Waals surface area contributed by atoms with Crippen molar-refractivity contribution in [3.63, 3.8) is 0 Å². The van der Waals surface area contributed by atoms with Gasteiger partial charge in [-0.05, 0) is 35.4 Å². The number of hydrogen-bond donors (Lipinski definition) is 1. The summed E-state index contributed by atoms with van der Waals surface area (Å²) in [5, 5.41) is 0.795. The zero-order valence-corrected chi connectivity index (χ0v) is 13.1. The molecule has 0 bridgehead atoms. The quantitative estimate of drug-likeness (QED) is 0.904. The van der Waals surface area contributed by atoms with Crippen molar-refractivity contribution < 1.29 is 0 Å². The molecule has 2 aromatic carbocycles. The first-order valence-corrected chi connectivity index (χ1v) is 7.21. The Bertz CT molecular complexity index is 572. The highest BCUT2D eigenvalue weighted by atomic mass is 79.9. The van der Waals surface area contributed by atoms with Crippen LogP contribution in [0.1, 0.15) is 11.1 Å². The van der Waals surface area contributed by atoms with Crippen molar-refractivity contribution in [3.8, 4) is 0 Å². The largest absolute Gasteiger partial charge is 0.370 e. The molecule has 2 nitrogen and oxygen atoms in total. The van der Waals surface area contributed by atoms with Crippen LogP contribution in [0.5, 0.6) is 0 Å². The van der Waals surface area contributed by atoms with Crippen LogP contribution in [0.3, 0.4) is 0 Å². The number of nitrogens with two attached hydrogens (primary N) is 1. The van der Waals surface area contributed by atoms with Gasteiger partial charge in [0.05, 0.1) is 0 Å². The fraction of sp³-hybridized carbons (Fsp3) is 0.200. The Labute approximate surface area is 127 Å². The van der Waals surface area contributed by atoms with Gasteiger partial charge in [-0.3, -0.25) is 0 Å². The van der Waals surface area contributed by atoms with Gasteiger partial charge in [-0.2, -0.15) is 0 Å². The number of hydrogen-bond acceptors (Lipinski definition) is 2. The average Bonchev–Trinajstić information content (AvgIpc) is 2.40. The zero-order valence-electron chi connectivity index (χ0n) is 10.7. The third-order valence-electron chi connectivity index (χ3n) is 2.98. The fourth-order valence-electron chi connectivity index (χ4n) is 1.94. The molecule has 100 valence electrons. The fourth-order valence-corrected chi connectivity index (χ4v) is 2.67. The lowest BCUT2D eigenvalue weighted by atomic mass is 10.1. The molecule has 4 heteroatoms. The lowest BCUT2D eigenvalue weighted by Crippen LogP contribution is -2.17. The summed E-state index contributed by atoms with van der Waals surface area (Å²) in [6.45, 7) is 1.30. The van der Waals surface area contributed by atoms with Crippen molar-refractivity contribution >= 4 is 33.2 Å². The number of nitrogens with zero attached hydrogens (tertiary/aromatic N) is 1.